The van der Waals surface area contributed by atoms with E-state index in [1.54, 1.807) is 12.0 Å². The molecule has 1 aliphatic rings. The molecule has 0 aromatic heterocycles. The summed E-state index contributed by atoms with van der Waals surface area (Å²) in [4.78, 5) is 26.6. The Hall–Kier alpha value is -1.70. The molecule has 0 bridgehead atoms. The molecule has 6 nitrogen and oxygen atoms in total. The first kappa shape index (κ1) is 30.5. The Morgan fingerprint density at radius 3 is 2.14 bits per heavy atom. The Balaban J connectivity index is 2.66. The summed E-state index contributed by atoms with van der Waals surface area (Å²) in [6.45, 7) is 10.7. The van der Waals surface area contributed by atoms with Crippen molar-refractivity contribution in [3.63, 3.8) is 0 Å². The molecule has 202 valence electrons. The molecule has 1 saturated heterocycles. The van der Waals surface area contributed by atoms with Gasteiger partial charge in [-0.25, -0.2) is 0 Å². The number of hydrogen-bond acceptors (Lipinski definition) is 5. The summed E-state index contributed by atoms with van der Waals surface area (Å²) in [7, 11) is 3.02. The number of hydrogen-bond donors (Lipinski definition) is 0. The summed E-state index contributed by atoms with van der Waals surface area (Å²) in [5, 5.41) is 0. The minimum atomic E-state index is -2.89. The second-order valence-electron chi connectivity index (χ2n) is 9.96. The summed E-state index contributed by atoms with van der Waals surface area (Å²) >= 11 is -2.89. The van der Waals surface area contributed by atoms with Gasteiger partial charge in [0.25, 0.3) is 0 Å². The molecule has 0 N–H and O–H groups in total. The quantitative estimate of drug-likeness (QED) is 0.145. The van der Waals surface area contributed by atoms with E-state index in [2.05, 4.69) is 32.9 Å². The number of amides is 1. The van der Waals surface area contributed by atoms with Crippen LogP contribution in [0.2, 0.25) is 13.3 Å². The number of carbonyl (C=O) groups excluding carboxylic acids is 2. The van der Waals surface area contributed by atoms with Crippen LogP contribution in [0.15, 0.2) is 18.2 Å². The molecule has 36 heavy (non-hydrogen) atoms. The molecule has 0 atom stereocenters. The zero-order valence-corrected chi connectivity index (χ0v) is 26.3. The van der Waals surface area contributed by atoms with Crippen molar-refractivity contribution in [1.29, 1.82) is 0 Å². The van der Waals surface area contributed by atoms with Crippen LogP contribution < -0.4 is 4.74 Å². The van der Waals surface area contributed by atoms with Crippen LogP contribution in [-0.2, 0) is 9.47 Å². The van der Waals surface area contributed by atoms with E-state index in [9.17, 15) is 9.59 Å². The van der Waals surface area contributed by atoms with Gasteiger partial charge in [-0.05, 0) is 0 Å². The van der Waals surface area contributed by atoms with Gasteiger partial charge in [0.05, 0.1) is 0 Å². The number of carbonyl (C=O) groups is 2. The van der Waals surface area contributed by atoms with E-state index in [-0.39, 0.29) is 12.1 Å². The van der Waals surface area contributed by atoms with Crippen molar-refractivity contribution in [3.8, 4) is 5.75 Å². The maximum absolute atomic E-state index is 12.7. The third kappa shape index (κ3) is 7.90. The SMILES string of the molecule is CCC[CH2][Sn]([CH2]CCC)([CH2]CCC)/[C](=C\CCN1CCOC1=O)c1cc(C)c(OC)c(C(=O)OC)c1. The molecule has 1 aliphatic heterocycles. The molecule has 0 saturated carbocycles. The molecule has 0 radical (unpaired) electrons. The van der Waals surface area contributed by atoms with E-state index in [0.29, 0.717) is 31.0 Å². The van der Waals surface area contributed by atoms with Gasteiger partial charge < -0.3 is 0 Å². The van der Waals surface area contributed by atoms with E-state index in [0.717, 1.165) is 17.5 Å². The number of esters is 1. The zero-order valence-electron chi connectivity index (χ0n) is 23.4. The molecule has 1 aromatic carbocycles. The van der Waals surface area contributed by atoms with Crippen LogP contribution in [0.5, 0.6) is 5.75 Å². The van der Waals surface area contributed by atoms with Crippen LogP contribution in [-0.4, -0.2) is 69.3 Å². The van der Waals surface area contributed by atoms with Crippen LogP contribution in [0, 0.1) is 6.92 Å². The molecule has 0 unspecified atom stereocenters. The number of aryl methyl sites for hydroxylation is 1. The first-order valence-corrected chi connectivity index (χ1v) is 21.2. The van der Waals surface area contributed by atoms with E-state index in [4.69, 9.17) is 14.2 Å². The van der Waals surface area contributed by atoms with Crippen molar-refractivity contribution >= 4 is 34.0 Å². The summed E-state index contributed by atoms with van der Waals surface area (Å²) in [5.41, 5.74) is 2.59. The molecule has 0 aliphatic carbocycles. The van der Waals surface area contributed by atoms with Crippen LogP contribution in [0.1, 0.15) is 87.2 Å². The fraction of sp³-hybridized carbons (Fsp3) is 0.655. The summed E-state index contributed by atoms with van der Waals surface area (Å²) in [6, 6.07) is 4.21. The Morgan fingerprint density at radius 1 is 1.06 bits per heavy atom. The van der Waals surface area contributed by atoms with Gasteiger partial charge in [0.2, 0.25) is 0 Å². The van der Waals surface area contributed by atoms with Crippen molar-refractivity contribution in [2.75, 3.05) is 33.9 Å². The van der Waals surface area contributed by atoms with Gasteiger partial charge in [0.1, 0.15) is 0 Å². The normalized spacial score (nSPS) is 14.2. The Labute approximate surface area is 222 Å². The Morgan fingerprint density at radius 2 is 1.67 bits per heavy atom. The van der Waals surface area contributed by atoms with E-state index >= 15 is 0 Å². The summed E-state index contributed by atoms with van der Waals surface area (Å²) < 4.78 is 21.4. The predicted molar refractivity (Wildman–Crippen MR) is 149 cm³/mol. The summed E-state index contributed by atoms with van der Waals surface area (Å²) in [5.74, 6) is 0.216. The predicted octanol–water partition coefficient (Wildman–Crippen LogP) is 7.40. The van der Waals surface area contributed by atoms with Gasteiger partial charge in [-0.1, -0.05) is 0 Å². The van der Waals surface area contributed by atoms with Crippen molar-refractivity contribution in [3.05, 3.63) is 34.9 Å². The van der Waals surface area contributed by atoms with Crippen molar-refractivity contribution in [2.45, 2.75) is 86.0 Å². The zero-order chi connectivity index (χ0) is 26.6. The van der Waals surface area contributed by atoms with Gasteiger partial charge in [0.15, 0.2) is 0 Å². The van der Waals surface area contributed by atoms with Gasteiger partial charge in [-0.2, -0.15) is 0 Å². The van der Waals surface area contributed by atoms with E-state index in [1.165, 1.54) is 62.5 Å². The van der Waals surface area contributed by atoms with E-state index < -0.39 is 18.4 Å². The number of methoxy groups -OCH3 is 2. The fourth-order valence-electron chi connectivity index (χ4n) is 5.42. The number of rotatable bonds is 16. The molecule has 1 heterocycles. The number of cyclic esters (lactones) is 1. The average molecular weight is 608 g/mol. The molecule has 1 aromatic rings. The van der Waals surface area contributed by atoms with Crippen LogP contribution in [0.25, 0.3) is 3.59 Å². The molecular formula is C29H47NO5Sn. The Bertz CT molecular complexity index is 876. The third-order valence-corrected chi connectivity index (χ3v) is 23.3. The van der Waals surface area contributed by atoms with Crippen molar-refractivity contribution in [1.82, 2.24) is 4.90 Å². The minimum absolute atomic E-state index is 0.212. The fourth-order valence-corrected chi connectivity index (χ4v) is 22.5. The monoisotopic (exact) mass is 609 g/mol. The maximum atomic E-state index is 12.7. The van der Waals surface area contributed by atoms with Gasteiger partial charge in [-0.3, -0.25) is 0 Å². The standard InChI is InChI=1S/C17H20NO5.3C4H9.Sn/c1-12-10-13(11-14(15(12)21-2)16(19)22-3)6-4-5-7-18-8-9-23-17(18)20;3*1-3-4-2;/h4,10-11H,5,7-9H2,1-3H3;3*1,3-4H2,2H3;. The third-order valence-electron chi connectivity index (χ3n) is 7.39. The number of unbranched alkanes of at least 4 members (excludes halogenated alkanes) is 3. The topological polar surface area (TPSA) is 65.1 Å². The van der Waals surface area contributed by atoms with Gasteiger partial charge >= 0.3 is 223 Å². The molecule has 1 amide bonds. The van der Waals surface area contributed by atoms with Crippen molar-refractivity contribution in [2.24, 2.45) is 0 Å². The molecule has 2 rings (SSSR count). The number of benzene rings is 1. The van der Waals surface area contributed by atoms with Crippen LogP contribution in [0.3, 0.4) is 0 Å². The average Bonchev–Trinajstić information content (AvgIpc) is 3.30. The first-order valence-electron chi connectivity index (χ1n) is 13.8. The second-order valence-corrected chi connectivity index (χ2v) is 23.1. The second kappa shape index (κ2) is 15.5. The first-order chi connectivity index (χ1) is 17.4. The van der Waals surface area contributed by atoms with Crippen LogP contribution in [0.4, 0.5) is 4.79 Å². The molecular weight excluding hydrogens is 561 g/mol. The molecule has 1 fully saturated rings. The molecule has 7 heteroatoms. The van der Waals surface area contributed by atoms with Crippen LogP contribution >= 0.6 is 0 Å². The Kier molecular flexibility index (Phi) is 13.2. The number of ether oxygens (including phenoxy) is 3. The van der Waals surface area contributed by atoms with Crippen molar-refractivity contribution < 1.29 is 23.8 Å². The summed E-state index contributed by atoms with van der Waals surface area (Å²) in [6.07, 6.45) is 10.3. The molecule has 0 spiro atoms. The van der Waals surface area contributed by atoms with Gasteiger partial charge in [0, 0.05) is 0 Å². The van der Waals surface area contributed by atoms with Gasteiger partial charge in [-0.15, -0.1) is 0 Å². The number of nitrogens with zero attached hydrogens (tertiary/aromatic N) is 1. The van der Waals surface area contributed by atoms with E-state index in [1.807, 2.05) is 13.0 Å².